The summed E-state index contributed by atoms with van der Waals surface area (Å²) in [7, 11) is 3.45. The molecule has 0 saturated carbocycles. The molecule has 1 rings (SSSR count). The summed E-state index contributed by atoms with van der Waals surface area (Å²) in [6, 6.07) is 6.33. The van der Waals surface area contributed by atoms with Gasteiger partial charge >= 0.3 is 12.0 Å². The van der Waals surface area contributed by atoms with E-state index in [0.29, 0.717) is 13.0 Å². The number of aromatic carboxylic acids is 1. The molecule has 18 heavy (non-hydrogen) atoms. The molecule has 6 nitrogen and oxygen atoms in total. The van der Waals surface area contributed by atoms with E-state index in [9.17, 15) is 9.59 Å². The maximum Gasteiger partial charge on any atom is 0.335 e. The molecule has 98 valence electrons. The number of nitrogens with zero attached hydrogens (tertiary/aromatic N) is 1. The van der Waals surface area contributed by atoms with Crippen LogP contribution in [-0.4, -0.2) is 42.8 Å². The number of hydrogen-bond acceptors (Lipinski definition) is 3. The van der Waals surface area contributed by atoms with Crippen LogP contribution in [-0.2, 0) is 6.42 Å². The molecule has 1 aromatic rings. The second-order valence-corrected chi connectivity index (χ2v) is 4.01. The molecule has 0 aliphatic carbocycles. The number of benzene rings is 1. The summed E-state index contributed by atoms with van der Waals surface area (Å²) >= 11 is 0. The van der Waals surface area contributed by atoms with Crippen molar-refractivity contribution in [2.75, 3.05) is 20.6 Å². The Morgan fingerprint density at radius 2 is 1.83 bits per heavy atom. The first kappa shape index (κ1) is 14.0. The first-order valence-electron chi connectivity index (χ1n) is 5.53. The molecule has 0 fully saturated rings. The summed E-state index contributed by atoms with van der Waals surface area (Å²) in [6.07, 6.45) is 0.654. The number of carbonyl (C=O) groups excluding carboxylic acids is 1. The Morgan fingerprint density at radius 1 is 1.22 bits per heavy atom. The number of urea groups is 1. The highest BCUT2D eigenvalue weighted by atomic mass is 16.4. The Kier molecular flexibility index (Phi) is 5.13. The van der Waals surface area contributed by atoms with Gasteiger partial charge in [-0.1, -0.05) is 12.1 Å². The highest BCUT2D eigenvalue weighted by molar-refractivity contribution is 5.87. The van der Waals surface area contributed by atoms with Gasteiger partial charge in [0.2, 0.25) is 0 Å². The van der Waals surface area contributed by atoms with E-state index in [1.165, 1.54) is 0 Å². The molecule has 0 spiro atoms. The summed E-state index contributed by atoms with van der Waals surface area (Å²) in [5, 5.41) is 13.0. The van der Waals surface area contributed by atoms with Crippen molar-refractivity contribution in [3.63, 3.8) is 0 Å². The van der Waals surface area contributed by atoms with Gasteiger partial charge in [-0.05, 0) is 24.1 Å². The topological polar surface area (TPSA) is 81.7 Å². The normalized spacial score (nSPS) is 10.2. The average molecular weight is 251 g/mol. The number of hydrogen-bond donors (Lipinski definition) is 3. The summed E-state index contributed by atoms with van der Waals surface area (Å²) in [5.74, 6) is -0.940. The Balaban J connectivity index is 2.35. The van der Waals surface area contributed by atoms with Crippen LogP contribution < -0.4 is 10.7 Å². The van der Waals surface area contributed by atoms with Crippen LogP contribution in [0.2, 0.25) is 0 Å². The number of carbonyl (C=O) groups is 2. The molecule has 0 aliphatic rings. The van der Waals surface area contributed by atoms with E-state index in [2.05, 4.69) is 10.7 Å². The minimum Gasteiger partial charge on any atom is -0.478 e. The van der Waals surface area contributed by atoms with Crippen molar-refractivity contribution in [1.82, 2.24) is 15.8 Å². The van der Waals surface area contributed by atoms with Gasteiger partial charge in [-0.15, -0.1) is 0 Å². The number of amides is 2. The monoisotopic (exact) mass is 251 g/mol. The van der Waals surface area contributed by atoms with E-state index in [0.717, 1.165) is 5.56 Å². The Bertz CT molecular complexity index is 415. The molecule has 0 bridgehead atoms. The minimum atomic E-state index is -0.940. The lowest BCUT2D eigenvalue weighted by molar-refractivity contribution is 0.0697. The molecule has 6 heteroatoms. The van der Waals surface area contributed by atoms with Crippen LogP contribution in [0.3, 0.4) is 0 Å². The van der Waals surface area contributed by atoms with Crippen LogP contribution in [0.25, 0.3) is 0 Å². The third kappa shape index (κ3) is 4.84. The predicted octanol–water partition coefficient (Wildman–Crippen LogP) is 0.703. The molecule has 2 amide bonds. The molecule has 3 N–H and O–H groups in total. The van der Waals surface area contributed by atoms with Crippen molar-refractivity contribution in [2.24, 2.45) is 0 Å². The largest absolute Gasteiger partial charge is 0.478 e. The molecule has 0 radical (unpaired) electrons. The first-order chi connectivity index (χ1) is 8.49. The molecular weight excluding hydrogens is 234 g/mol. The van der Waals surface area contributed by atoms with Gasteiger partial charge in [0.15, 0.2) is 0 Å². The summed E-state index contributed by atoms with van der Waals surface area (Å²) in [5.41, 5.74) is 3.80. The molecule has 0 atom stereocenters. The zero-order valence-electron chi connectivity index (χ0n) is 10.4. The SMILES string of the molecule is CN(C)NC(=O)NCCc1ccc(C(=O)O)cc1. The fourth-order valence-electron chi connectivity index (χ4n) is 1.38. The minimum absolute atomic E-state index is 0.261. The van der Waals surface area contributed by atoms with E-state index in [1.54, 1.807) is 43.4 Å². The van der Waals surface area contributed by atoms with E-state index < -0.39 is 5.97 Å². The van der Waals surface area contributed by atoms with Gasteiger partial charge in [0.1, 0.15) is 0 Å². The lowest BCUT2D eigenvalue weighted by Crippen LogP contribution is -2.43. The van der Waals surface area contributed by atoms with Crippen molar-refractivity contribution in [3.8, 4) is 0 Å². The van der Waals surface area contributed by atoms with Gasteiger partial charge < -0.3 is 10.4 Å². The fourth-order valence-corrected chi connectivity index (χ4v) is 1.38. The van der Waals surface area contributed by atoms with Gasteiger partial charge in [0.25, 0.3) is 0 Å². The highest BCUT2D eigenvalue weighted by Crippen LogP contribution is 2.04. The van der Waals surface area contributed by atoms with Gasteiger partial charge in [0.05, 0.1) is 5.56 Å². The van der Waals surface area contributed by atoms with Crippen molar-refractivity contribution >= 4 is 12.0 Å². The van der Waals surface area contributed by atoms with Crippen LogP contribution in [0.15, 0.2) is 24.3 Å². The average Bonchev–Trinajstić information content (AvgIpc) is 2.28. The van der Waals surface area contributed by atoms with E-state index >= 15 is 0 Å². The van der Waals surface area contributed by atoms with Crippen LogP contribution in [0.4, 0.5) is 4.79 Å². The number of nitrogens with one attached hydrogen (secondary N) is 2. The van der Waals surface area contributed by atoms with Gasteiger partial charge in [-0.25, -0.2) is 14.6 Å². The smallest absolute Gasteiger partial charge is 0.335 e. The Morgan fingerprint density at radius 3 is 2.33 bits per heavy atom. The van der Waals surface area contributed by atoms with Gasteiger partial charge in [0, 0.05) is 20.6 Å². The lowest BCUT2D eigenvalue weighted by atomic mass is 10.1. The molecule has 0 aromatic heterocycles. The van der Waals surface area contributed by atoms with Gasteiger partial charge in [-0.2, -0.15) is 0 Å². The zero-order valence-corrected chi connectivity index (χ0v) is 10.4. The third-order valence-electron chi connectivity index (χ3n) is 2.23. The van der Waals surface area contributed by atoms with Crippen LogP contribution >= 0.6 is 0 Å². The fraction of sp³-hybridized carbons (Fsp3) is 0.333. The van der Waals surface area contributed by atoms with Crippen molar-refractivity contribution in [1.29, 1.82) is 0 Å². The molecule has 0 unspecified atom stereocenters. The number of rotatable bonds is 5. The summed E-state index contributed by atoms with van der Waals surface area (Å²) < 4.78 is 0. The van der Waals surface area contributed by atoms with E-state index in [-0.39, 0.29) is 11.6 Å². The van der Waals surface area contributed by atoms with E-state index in [1.807, 2.05) is 0 Å². The second-order valence-electron chi connectivity index (χ2n) is 4.01. The standard InChI is InChI=1S/C12H17N3O3/c1-15(2)14-12(18)13-8-7-9-3-5-10(6-4-9)11(16)17/h3-6H,7-8H2,1-2H3,(H,16,17)(H2,13,14,18). The summed E-state index contributed by atoms with van der Waals surface area (Å²) in [4.78, 5) is 21.9. The zero-order chi connectivity index (χ0) is 13.5. The first-order valence-corrected chi connectivity index (χ1v) is 5.53. The predicted molar refractivity (Wildman–Crippen MR) is 67.3 cm³/mol. The molecular formula is C12H17N3O3. The molecule has 1 aromatic carbocycles. The Hall–Kier alpha value is -2.08. The highest BCUT2D eigenvalue weighted by Gasteiger charge is 2.03. The van der Waals surface area contributed by atoms with Crippen LogP contribution in [0.5, 0.6) is 0 Å². The summed E-state index contributed by atoms with van der Waals surface area (Å²) in [6.45, 7) is 0.492. The number of hydrazine groups is 1. The van der Waals surface area contributed by atoms with Crippen molar-refractivity contribution < 1.29 is 14.7 Å². The van der Waals surface area contributed by atoms with E-state index in [4.69, 9.17) is 5.11 Å². The number of carboxylic acids is 1. The van der Waals surface area contributed by atoms with Crippen molar-refractivity contribution in [3.05, 3.63) is 35.4 Å². The Labute approximate surface area is 106 Å². The van der Waals surface area contributed by atoms with Gasteiger partial charge in [-0.3, -0.25) is 5.43 Å². The lowest BCUT2D eigenvalue weighted by Gasteiger charge is -2.12. The van der Waals surface area contributed by atoms with Crippen LogP contribution in [0, 0.1) is 0 Å². The maximum atomic E-state index is 11.2. The second kappa shape index (κ2) is 6.61. The number of carboxylic acid groups (broad SMARTS) is 1. The van der Waals surface area contributed by atoms with Crippen molar-refractivity contribution in [2.45, 2.75) is 6.42 Å². The third-order valence-corrected chi connectivity index (χ3v) is 2.23. The molecule has 0 aliphatic heterocycles. The maximum absolute atomic E-state index is 11.2. The molecule has 0 saturated heterocycles. The van der Waals surface area contributed by atoms with Crippen LogP contribution in [0.1, 0.15) is 15.9 Å². The quantitative estimate of drug-likeness (QED) is 0.673. The molecule has 0 heterocycles.